The number of hydrogen-bond donors (Lipinski definition) is 1. The molecule has 1 saturated heterocycles. The fraction of sp³-hybridized carbons (Fsp3) is 0.800. The third-order valence-corrected chi connectivity index (χ3v) is 5.94. The number of nitrogens with one attached hydrogen (secondary N) is 1. The SMILES string of the molecule is Cc1nc(CN2CC(C)NCC2(C)C2CC2)sc1C. The topological polar surface area (TPSA) is 28.2 Å². The Bertz CT molecular complexity index is 446. The summed E-state index contributed by atoms with van der Waals surface area (Å²) in [4.78, 5) is 8.78. The molecule has 1 aromatic heterocycles. The van der Waals surface area contributed by atoms with Crippen LogP contribution in [0.2, 0.25) is 0 Å². The number of nitrogens with zero attached hydrogens (tertiary/aromatic N) is 2. The van der Waals surface area contributed by atoms with Crippen molar-refractivity contribution in [2.45, 2.75) is 58.7 Å². The van der Waals surface area contributed by atoms with Crippen molar-refractivity contribution in [3.63, 3.8) is 0 Å². The summed E-state index contributed by atoms with van der Waals surface area (Å²) in [6.07, 6.45) is 2.80. The van der Waals surface area contributed by atoms with E-state index in [0.29, 0.717) is 11.6 Å². The van der Waals surface area contributed by atoms with Gasteiger partial charge in [0, 0.05) is 29.5 Å². The van der Waals surface area contributed by atoms with Crippen LogP contribution in [0.5, 0.6) is 0 Å². The Hall–Kier alpha value is -0.450. The average Bonchev–Trinajstić information content (AvgIpc) is 3.14. The van der Waals surface area contributed by atoms with Gasteiger partial charge in [-0.2, -0.15) is 0 Å². The van der Waals surface area contributed by atoms with Crippen LogP contribution in [-0.4, -0.2) is 34.6 Å². The lowest BCUT2D eigenvalue weighted by atomic mass is 9.90. The van der Waals surface area contributed by atoms with E-state index in [0.717, 1.165) is 25.6 Å². The van der Waals surface area contributed by atoms with Gasteiger partial charge in [-0.05, 0) is 46.5 Å². The molecule has 2 heterocycles. The summed E-state index contributed by atoms with van der Waals surface area (Å²) in [5.74, 6) is 0.884. The van der Waals surface area contributed by atoms with Gasteiger partial charge in [-0.1, -0.05) is 0 Å². The first kappa shape index (κ1) is 13.5. The van der Waals surface area contributed by atoms with Crippen molar-refractivity contribution >= 4 is 11.3 Å². The second-order valence-corrected chi connectivity index (χ2v) is 7.83. The number of thiazole rings is 1. The van der Waals surface area contributed by atoms with Crippen molar-refractivity contribution in [1.82, 2.24) is 15.2 Å². The highest BCUT2D eigenvalue weighted by atomic mass is 32.1. The van der Waals surface area contributed by atoms with Crippen molar-refractivity contribution in [3.05, 3.63) is 15.6 Å². The van der Waals surface area contributed by atoms with E-state index < -0.39 is 0 Å². The number of aryl methyl sites for hydroxylation is 2. The van der Waals surface area contributed by atoms with Gasteiger partial charge in [0.15, 0.2) is 0 Å². The van der Waals surface area contributed by atoms with Crippen LogP contribution in [0.4, 0.5) is 0 Å². The summed E-state index contributed by atoms with van der Waals surface area (Å²) < 4.78 is 0. The highest BCUT2D eigenvalue weighted by Crippen LogP contribution is 2.44. The molecule has 3 nitrogen and oxygen atoms in total. The van der Waals surface area contributed by atoms with Gasteiger partial charge in [-0.25, -0.2) is 4.98 Å². The third-order valence-electron chi connectivity index (χ3n) is 4.88. The van der Waals surface area contributed by atoms with Crippen LogP contribution in [0.15, 0.2) is 0 Å². The van der Waals surface area contributed by atoms with E-state index in [2.05, 4.69) is 37.9 Å². The van der Waals surface area contributed by atoms with Gasteiger partial charge >= 0.3 is 0 Å². The monoisotopic (exact) mass is 279 g/mol. The Morgan fingerprint density at radius 3 is 2.74 bits per heavy atom. The summed E-state index contributed by atoms with van der Waals surface area (Å²) in [5, 5.41) is 4.96. The smallest absolute Gasteiger partial charge is 0.107 e. The Balaban J connectivity index is 1.79. The Morgan fingerprint density at radius 2 is 2.16 bits per heavy atom. The molecule has 2 atom stereocenters. The van der Waals surface area contributed by atoms with Crippen molar-refractivity contribution < 1.29 is 0 Å². The Kier molecular flexibility index (Phi) is 3.44. The standard InChI is InChI=1S/C15H25N3S/c1-10-7-18(8-14-17-11(2)12(3)19-14)15(4,9-16-10)13-5-6-13/h10,13,16H,5-9H2,1-4H3. The lowest BCUT2D eigenvalue weighted by molar-refractivity contribution is 0.0311. The normalized spacial score (nSPS) is 32.7. The van der Waals surface area contributed by atoms with Gasteiger partial charge in [0.2, 0.25) is 0 Å². The largest absolute Gasteiger partial charge is 0.311 e. The van der Waals surface area contributed by atoms with Crippen LogP contribution in [0.3, 0.4) is 0 Å². The van der Waals surface area contributed by atoms with E-state index in [-0.39, 0.29) is 0 Å². The van der Waals surface area contributed by atoms with Crippen molar-refractivity contribution in [2.24, 2.45) is 5.92 Å². The minimum Gasteiger partial charge on any atom is -0.311 e. The molecule has 1 aromatic rings. The molecule has 1 aliphatic heterocycles. The summed E-state index contributed by atoms with van der Waals surface area (Å²) in [6, 6.07) is 0.592. The molecule has 2 unspecified atom stereocenters. The minimum atomic E-state index is 0.333. The van der Waals surface area contributed by atoms with E-state index in [4.69, 9.17) is 4.98 Å². The summed E-state index contributed by atoms with van der Waals surface area (Å²) in [7, 11) is 0. The van der Waals surface area contributed by atoms with Crippen LogP contribution in [0.1, 0.15) is 42.3 Å². The zero-order valence-corrected chi connectivity index (χ0v) is 13.3. The first-order valence-corrected chi connectivity index (χ1v) is 8.22. The van der Waals surface area contributed by atoms with Gasteiger partial charge < -0.3 is 5.32 Å². The Morgan fingerprint density at radius 1 is 1.42 bits per heavy atom. The van der Waals surface area contributed by atoms with Crippen molar-refractivity contribution in [2.75, 3.05) is 13.1 Å². The number of piperazine rings is 1. The molecular weight excluding hydrogens is 254 g/mol. The van der Waals surface area contributed by atoms with Gasteiger partial charge in [0.05, 0.1) is 12.2 Å². The fourth-order valence-electron chi connectivity index (χ4n) is 3.22. The molecule has 1 saturated carbocycles. The molecule has 1 N–H and O–H groups in total. The van der Waals surface area contributed by atoms with Gasteiger partial charge in [-0.15, -0.1) is 11.3 Å². The Labute approximate surface area is 120 Å². The zero-order chi connectivity index (χ0) is 13.6. The van der Waals surface area contributed by atoms with Crippen LogP contribution in [0, 0.1) is 19.8 Å². The molecule has 2 aliphatic rings. The lowest BCUT2D eigenvalue weighted by Crippen LogP contribution is -2.63. The molecule has 2 fully saturated rings. The molecule has 0 aromatic carbocycles. The first-order chi connectivity index (χ1) is 8.99. The second-order valence-electron chi connectivity index (χ2n) is 6.54. The number of hydrogen-bond acceptors (Lipinski definition) is 4. The minimum absolute atomic E-state index is 0.333. The molecule has 1 aliphatic carbocycles. The third kappa shape index (κ3) is 2.58. The van der Waals surface area contributed by atoms with Gasteiger partial charge in [0.1, 0.15) is 5.01 Å². The summed E-state index contributed by atoms with van der Waals surface area (Å²) in [5.41, 5.74) is 1.54. The quantitative estimate of drug-likeness (QED) is 0.922. The summed E-state index contributed by atoms with van der Waals surface area (Å²) >= 11 is 1.87. The maximum absolute atomic E-state index is 4.73. The van der Waals surface area contributed by atoms with Crippen molar-refractivity contribution in [3.8, 4) is 0 Å². The predicted molar refractivity (Wildman–Crippen MR) is 80.6 cm³/mol. The number of aromatic nitrogens is 1. The van der Waals surface area contributed by atoms with Crippen molar-refractivity contribution in [1.29, 1.82) is 0 Å². The fourth-order valence-corrected chi connectivity index (χ4v) is 4.17. The van der Waals surface area contributed by atoms with E-state index >= 15 is 0 Å². The highest BCUT2D eigenvalue weighted by Gasteiger charge is 2.47. The maximum Gasteiger partial charge on any atom is 0.107 e. The highest BCUT2D eigenvalue weighted by molar-refractivity contribution is 7.11. The average molecular weight is 279 g/mol. The maximum atomic E-state index is 4.73. The van der Waals surface area contributed by atoms with Gasteiger partial charge in [-0.3, -0.25) is 4.90 Å². The summed E-state index contributed by atoms with van der Waals surface area (Å²) in [6.45, 7) is 12.3. The van der Waals surface area contributed by atoms with Gasteiger partial charge in [0.25, 0.3) is 0 Å². The lowest BCUT2D eigenvalue weighted by Gasteiger charge is -2.47. The van der Waals surface area contributed by atoms with Crippen LogP contribution in [-0.2, 0) is 6.54 Å². The molecule has 0 spiro atoms. The molecule has 0 radical (unpaired) electrons. The predicted octanol–water partition coefficient (Wildman–Crippen LogP) is 2.72. The molecule has 4 heteroatoms. The molecule has 3 rings (SSSR count). The number of rotatable bonds is 3. The molecule has 106 valence electrons. The second kappa shape index (κ2) is 4.83. The molecule has 0 amide bonds. The van der Waals surface area contributed by atoms with E-state index in [1.807, 2.05) is 11.3 Å². The van der Waals surface area contributed by atoms with Crippen LogP contribution in [0.25, 0.3) is 0 Å². The van der Waals surface area contributed by atoms with Crippen LogP contribution < -0.4 is 5.32 Å². The zero-order valence-electron chi connectivity index (χ0n) is 12.5. The molecule has 19 heavy (non-hydrogen) atoms. The van der Waals surface area contributed by atoms with E-state index in [1.54, 1.807) is 0 Å². The van der Waals surface area contributed by atoms with Crippen LogP contribution >= 0.6 is 11.3 Å². The molecule has 0 bridgehead atoms. The van der Waals surface area contributed by atoms with E-state index in [9.17, 15) is 0 Å². The molecular formula is C15H25N3S. The first-order valence-electron chi connectivity index (χ1n) is 7.40. The van der Waals surface area contributed by atoms with E-state index in [1.165, 1.54) is 28.4 Å².